The van der Waals surface area contributed by atoms with Crippen molar-refractivity contribution in [2.24, 2.45) is 0 Å². The molecule has 0 spiro atoms. The molecule has 0 bridgehead atoms. The molecule has 0 atom stereocenters. The fourth-order valence-corrected chi connectivity index (χ4v) is 2.26. The van der Waals surface area contributed by atoms with Gasteiger partial charge in [-0.2, -0.15) is 0 Å². The van der Waals surface area contributed by atoms with Crippen molar-refractivity contribution in [1.82, 2.24) is 0 Å². The van der Waals surface area contributed by atoms with Crippen LogP contribution in [-0.4, -0.2) is 31.7 Å². The van der Waals surface area contributed by atoms with E-state index >= 15 is 0 Å². The fraction of sp³-hybridized carbons (Fsp3) is 0.500. The van der Waals surface area contributed by atoms with E-state index in [9.17, 15) is 4.79 Å². The van der Waals surface area contributed by atoms with Crippen LogP contribution in [0.2, 0.25) is 0 Å². The summed E-state index contributed by atoms with van der Waals surface area (Å²) in [5, 5.41) is 8.67. The van der Waals surface area contributed by atoms with Crippen molar-refractivity contribution in [3.8, 4) is 11.5 Å². The largest absolute Gasteiger partial charge is 0.493 e. The Hall–Kier alpha value is -1.07. The van der Waals surface area contributed by atoms with Crippen molar-refractivity contribution in [1.29, 1.82) is 0 Å². The Kier molecular flexibility index (Phi) is 7.52. The van der Waals surface area contributed by atoms with Gasteiger partial charge in [0.05, 0.1) is 18.2 Å². The van der Waals surface area contributed by atoms with Crippen LogP contribution >= 0.6 is 15.9 Å². The molecule has 0 heterocycles. The van der Waals surface area contributed by atoms with E-state index in [0.717, 1.165) is 32.0 Å². The third-order valence-corrected chi connectivity index (χ3v) is 3.28. The molecule has 0 amide bonds. The van der Waals surface area contributed by atoms with Crippen LogP contribution in [0.1, 0.15) is 36.0 Å². The number of benzene rings is 1. The third-order valence-electron chi connectivity index (χ3n) is 2.69. The first-order chi connectivity index (χ1) is 9.22. The molecular formula is C14H19BrO4. The van der Waals surface area contributed by atoms with E-state index in [1.165, 1.54) is 0 Å². The maximum atomic E-state index is 10.8. The van der Waals surface area contributed by atoms with Crippen LogP contribution in [0.15, 0.2) is 16.6 Å². The summed E-state index contributed by atoms with van der Waals surface area (Å²) in [5.41, 5.74) is 0.541. The first-order valence-corrected chi connectivity index (χ1v) is 7.08. The molecule has 4 nitrogen and oxygen atoms in total. The number of aliphatic hydroxyl groups excluding tert-OH is 1. The molecular weight excluding hydrogens is 312 g/mol. The van der Waals surface area contributed by atoms with E-state index in [1.54, 1.807) is 19.2 Å². The van der Waals surface area contributed by atoms with Gasteiger partial charge >= 0.3 is 0 Å². The summed E-state index contributed by atoms with van der Waals surface area (Å²) in [6, 6.07) is 3.36. The van der Waals surface area contributed by atoms with Crippen LogP contribution in [0.25, 0.3) is 0 Å². The SMILES string of the molecule is COc1cc(C=O)cc(Br)c1OCCCCCCO. The van der Waals surface area contributed by atoms with Gasteiger partial charge in [-0.3, -0.25) is 4.79 Å². The molecule has 1 N–H and O–H groups in total. The highest BCUT2D eigenvalue weighted by atomic mass is 79.9. The van der Waals surface area contributed by atoms with Gasteiger partial charge in [0.15, 0.2) is 11.5 Å². The lowest BCUT2D eigenvalue weighted by Crippen LogP contribution is -2.01. The summed E-state index contributed by atoms with van der Waals surface area (Å²) >= 11 is 3.38. The molecule has 0 radical (unpaired) electrons. The number of carbonyl (C=O) groups excluding carboxylic acids is 1. The quantitative estimate of drug-likeness (QED) is 0.558. The summed E-state index contributed by atoms with van der Waals surface area (Å²) in [5.74, 6) is 1.17. The second-order valence-corrected chi connectivity index (χ2v) is 4.99. The topological polar surface area (TPSA) is 55.8 Å². The van der Waals surface area contributed by atoms with Crippen LogP contribution in [0.4, 0.5) is 0 Å². The Labute approximate surface area is 121 Å². The van der Waals surface area contributed by atoms with Crippen LogP contribution < -0.4 is 9.47 Å². The summed E-state index contributed by atoms with van der Waals surface area (Å²) in [7, 11) is 1.55. The van der Waals surface area contributed by atoms with Crippen molar-refractivity contribution in [3.63, 3.8) is 0 Å². The highest BCUT2D eigenvalue weighted by Crippen LogP contribution is 2.36. The molecule has 0 saturated carbocycles. The summed E-state index contributed by atoms with van der Waals surface area (Å²) in [4.78, 5) is 10.8. The molecule has 1 aromatic carbocycles. The molecule has 0 saturated heterocycles. The maximum absolute atomic E-state index is 10.8. The van der Waals surface area contributed by atoms with Crippen LogP contribution in [0, 0.1) is 0 Å². The van der Waals surface area contributed by atoms with E-state index in [-0.39, 0.29) is 6.61 Å². The highest BCUT2D eigenvalue weighted by molar-refractivity contribution is 9.10. The number of aliphatic hydroxyl groups is 1. The van der Waals surface area contributed by atoms with Gasteiger partial charge in [0.25, 0.3) is 0 Å². The standard InChI is InChI=1S/C14H19BrO4/c1-18-13-9-11(10-17)8-12(15)14(13)19-7-5-3-2-4-6-16/h8-10,16H,2-7H2,1H3. The highest BCUT2D eigenvalue weighted by Gasteiger charge is 2.11. The van der Waals surface area contributed by atoms with Crippen molar-refractivity contribution in [2.75, 3.05) is 20.3 Å². The molecule has 1 rings (SSSR count). The summed E-state index contributed by atoms with van der Waals surface area (Å²) < 4.78 is 11.6. The summed E-state index contributed by atoms with van der Waals surface area (Å²) in [6.45, 7) is 0.828. The van der Waals surface area contributed by atoms with Gasteiger partial charge in [0.1, 0.15) is 6.29 Å². The zero-order valence-corrected chi connectivity index (χ0v) is 12.6. The van der Waals surface area contributed by atoms with Crippen LogP contribution in [-0.2, 0) is 0 Å². The van der Waals surface area contributed by atoms with Gasteiger partial charge < -0.3 is 14.6 Å². The average molecular weight is 331 g/mol. The minimum Gasteiger partial charge on any atom is -0.493 e. The number of carbonyl (C=O) groups is 1. The van der Waals surface area contributed by atoms with Crippen LogP contribution in [0.5, 0.6) is 11.5 Å². The fourth-order valence-electron chi connectivity index (χ4n) is 1.69. The van der Waals surface area contributed by atoms with Crippen molar-refractivity contribution >= 4 is 22.2 Å². The molecule has 19 heavy (non-hydrogen) atoms. The number of hydrogen-bond acceptors (Lipinski definition) is 4. The van der Waals surface area contributed by atoms with E-state index in [2.05, 4.69) is 15.9 Å². The number of hydrogen-bond donors (Lipinski definition) is 1. The first-order valence-electron chi connectivity index (χ1n) is 6.29. The predicted octanol–water partition coefficient (Wildman–Crippen LogP) is 3.20. The molecule has 5 heteroatoms. The van der Waals surface area contributed by atoms with Gasteiger partial charge in [0, 0.05) is 12.2 Å². The Morgan fingerprint density at radius 2 is 2.00 bits per heavy atom. The first kappa shape index (κ1) is 16.0. The van der Waals surface area contributed by atoms with Crippen molar-refractivity contribution in [2.45, 2.75) is 25.7 Å². The Balaban J connectivity index is 2.55. The lowest BCUT2D eigenvalue weighted by Gasteiger charge is -2.13. The molecule has 0 aliphatic heterocycles. The Morgan fingerprint density at radius 3 is 2.63 bits per heavy atom. The predicted molar refractivity (Wildman–Crippen MR) is 77.1 cm³/mol. The maximum Gasteiger partial charge on any atom is 0.175 e. The smallest absolute Gasteiger partial charge is 0.175 e. The van der Waals surface area contributed by atoms with Crippen molar-refractivity contribution < 1.29 is 19.4 Å². The van der Waals surface area contributed by atoms with Crippen LogP contribution in [0.3, 0.4) is 0 Å². The minimum atomic E-state index is 0.243. The number of rotatable bonds is 9. The number of methoxy groups -OCH3 is 1. The molecule has 0 aromatic heterocycles. The van der Waals surface area contributed by atoms with Gasteiger partial charge in [-0.25, -0.2) is 0 Å². The number of ether oxygens (including phenoxy) is 2. The zero-order valence-electron chi connectivity index (χ0n) is 11.0. The number of aldehydes is 1. The van der Waals surface area contributed by atoms with E-state index in [4.69, 9.17) is 14.6 Å². The van der Waals surface area contributed by atoms with Gasteiger partial charge in [0.2, 0.25) is 0 Å². The second kappa shape index (κ2) is 8.93. The van der Waals surface area contributed by atoms with Crippen molar-refractivity contribution in [3.05, 3.63) is 22.2 Å². The average Bonchev–Trinajstić information content (AvgIpc) is 2.43. The lowest BCUT2D eigenvalue weighted by atomic mass is 10.2. The zero-order chi connectivity index (χ0) is 14.1. The number of unbranched alkanes of at least 4 members (excludes halogenated alkanes) is 3. The van der Waals surface area contributed by atoms with E-state index in [0.29, 0.717) is 28.1 Å². The van der Waals surface area contributed by atoms with Gasteiger partial charge in [-0.15, -0.1) is 0 Å². The number of halogens is 1. The third kappa shape index (κ3) is 5.20. The minimum absolute atomic E-state index is 0.243. The van der Waals surface area contributed by atoms with E-state index < -0.39 is 0 Å². The second-order valence-electron chi connectivity index (χ2n) is 4.14. The van der Waals surface area contributed by atoms with Gasteiger partial charge in [-0.1, -0.05) is 6.42 Å². The lowest BCUT2D eigenvalue weighted by molar-refractivity contribution is 0.112. The Morgan fingerprint density at radius 1 is 1.26 bits per heavy atom. The monoisotopic (exact) mass is 330 g/mol. The van der Waals surface area contributed by atoms with Gasteiger partial charge in [-0.05, 0) is 47.3 Å². The van der Waals surface area contributed by atoms with E-state index in [1.807, 2.05) is 0 Å². The summed E-state index contributed by atoms with van der Waals surface area (Å²) in [6.07, 6.45) is 4.55. The molecule has 1 aromatic rings. The molecule has 0 fully saturated rings. The Bertz CT molecular complexity index is 407. The molecule has 0 unspecified atom stereocenters. The molecule has 0 aliphatic rings. The molecule has 0 aliphatic carbocycles. The normalized spacial score (nSPS) is 10.3. The molecule has 106 valence electrons.